The third-order valence-electron chi connectivity index (χ3n) is 10.9. The third-order valence-corrected chi connectivity index (χ3v) is 12.0. The van der Waals surface area contributed by atoms with Gasteiger partial charge in [0, 0.05) is 59.7 Å². The number of Topliss-reactive ketones (excluding diaryl/α,β-unsaturated/α-hetero) is 1. The average molecular weight is 866 g/mol. The van der Waals surface area contributed by atoms with E-state index in [1.54, 1.807) is 6.07 Å². The standard InChI is InChI=1S/C40H32ClF8N5O4S/c1-53-35-26(5-6-29(41)32(35)30(51-53)16-59(2,57)58)25-4-3-23(7-8-38(56)17-39(46,47)18-38)50-33(25)20(9-19-10-21(42)13-22(43)11-19)12-24(55)15-54-36-31(34(52-54)37(44)45)27-14-28(27)40(36,48)49/h3-6,10-11,13,20,27-28,37,56H,9,12,14-18H2,1-2H3/t20-,27+,28-/m1/s1. The second kappa shape index (κ2) is 14.1. The van der Waals surface area contributed by atoms with Gasteiger partial charge in [-0.2, -0.15) is 19.0 Å². The zero-order valence-electron chi connectivity index (χ0n) is 31.0. The van der Waals surface area contributed by atoms with Crippen LogP contribution in [-0.4, -0.2) is 61.6 Å². The molecule has 0 spiro atoms. The van der Waals surface area contributed by atoms with E-state index in [4.69, 9.17) is 11.6 Å². The van der Waals surface area contributed by atoms with Crippen molar-refractivity contribution in [3.05, 3.63) is 98.7 Å². The van der Waals surface area contributed by atoms with Crippen molar-refractivity contribution in [1.29, 1.82) is 0 Å². The number of hydrogen-bond acceptors (Lipinski definition) is 7. The zero-order valence-corrected chi connectivity index (χ0v) is 32.6. The van der Waals surface area contributed by atoms with Crippen LogP contribution in [0.4, 0.5) is 35.1 Å². The van der Waals surface area contributed by atoms with Crippen LogP contribution < -0.4 is 0 Å². The lowest BCUT2D eigenvalue weighted by Crippen LogP contribution is -2.50. The topological polar surface area (TPSA) is 120 Å². The van der Waals surface area contributed by atoms with Gasteiger partial charge in [-0.15, -0.1) is 0 Å². The highest BCUT2D eigenvalue weighted by molar-refractivity contribution is 7.89. The molecular weight excluding hydrogens is 834 g/mol. The molecule has 5 aromatic rings. The fourth-order valence-electron chi connectivity index (χ4n) is 8.54. The number of hydrogen-bond donors (Lipinski definition) is 1. The average Bonchev–Trinajstić information content (AvgIpc) is 3.65. The second-order valence-electron chi connectivity index (χ2n) is 15.7. The van der Waals surface area contributed by atoms with E-state index in [9.17, 15) is 44.7 Å². The van der Waals surface area contributed by atoms with Crippen LogP contribution >= 0.6 is 11.6 Å². The molecule has 8 rings (SSSR count). The monoisotopic (exact) mass is 865 g/mol. The lowest BCUT2D eigenvalue weighted by Gasteiger charge is -2.39. The largest absolute Gasteiger partial charge is 0.377 e. The number of aliphatic hydroxyl groups is 1. The number of rotatable bonds is 11. The normalized spacial score (nSPS) is 20.2. The van der Waals surface area contributed by atoms with E-state index in [1.165, 1.54) is 29.9 Å². The third kappa shape index (κ3) is 7.72. The van der Waals surface area contributed by atoms with Crippen molar-refractivity contribution in [2.24, 2.45) is 13.0 Å². The van der Waals surface area contributed by atoms with Crippen LogP contribution in [0, 0.1) is 29.4 Å². The first kappa shape index (κ1) is 40.9. The van der Waals surface area contributed by atoms with Crippen LogP contribution in [0.3, 0.4) is 0 Å². The van der Waals surface area contributed by atoms with E-state index in [0.717, 1.165) is 18.4 Å². The SMILES string of the molecule is Cn1nc(CS(C)(=O)=O)c2c(Cl)ccc(-c3ccc(C#CC4(O)CC(F)(F)C4)nc3[C@@H](CC(=O)Cn3nc(C(F)F)c4c3C(F)(F)[C@@H]3C[C@H]43)Cc3cc(F)cc(F)c3)c21. The molecular formula is C40H32ClF8N5O4S. The van der Waals surface area contributed by atoms with Gasteiger partial charge in [0.1, 0.15) is 40.9 Å². The van der Waals surface area contributed by atoms with Gasteiger partial charge in [0.2, 0.25) is 0 Å². The Morgan fingerprint density at radius 1 is 1.02 bits per heavy atom. The molecule has 3 atom stereocenters. The summed E-state index contributed by atoms with van der Waals surface area (Å²) < 4.78 is 142. The summed E-state index contributed by atoms with van der Waals surface area (Å²) in [4.78, 5) is 18.7. The first-order chi connectivity index (χ1) is 27.5. The molecule has 1 N–H and O–H groups in total. The summed E-state index contributed by atoms with van der Waals surface area (Å²) in [6, 6.07) is 8.59. The first-order valence-electron chi connectivity index (χ1n) is 18.2. The highest BCUT2D eigenvalue weighted by atomic mass is 35.5. The number of sulfone groups is 1. The molecule has 59 heavy (non-hydrogen) atoms. The smallest absolute Gasteiger partial charge is 0.293 e. The molecule has 0 amide bonds. The maximum absolute atomic E-state index is 15.4. The Balaban J connectivity index is 1.27. The molecule has 3 aromatic heterocycles. The van der Waals surface area contributed by atoms with Crippen LogP contribution in [-0.2, 0) is 46.3 Å². The lowest BCUT2D eigenvalue weighted by molar-refractivity contribution is -0.176. The van der Waals surface area contributed by atoms with Gasteiger partial charge in [-0.1, -0.05) is 23.6 Å². The van der Waals surface area contributed by atoms with E-state index < -0.39 is 112 Å². The highest BCUT2D eigenvalue weighted by Gasteiger charge is 2.67. The van der Waals surface area contributed by atoms with Crippen molar-refractivity contribution >= 4 is 38.1 Å². The van der Waals surface area contributed by atoms with E-state index >= 15 is 8.78 Å². The summed E-state index contributed by atoms with van der Waals surface area (Å²) in [5.74, 6) is -8.00. The highest BCUT2D eigenvalue weighted by Crippen LogP contribution is 2.68. The minimum Gasteiger partial charge on any atom is -0.377 e. The second-order valence-corrected chi connectivity index (χ2v) is 18.2. The van der Waals surface area contributed by atoms with Crippen LogP contribution in [0.15, 0.2) is 42.5 Å². The van der Waals surface area contributed by atoms with Gasteiger partial charge >= 0.3 is 0 Å². The molecule has 2 fully saturated rings. The molecule has 310 valence electrons. The fourth-order valence-corrected chi connectivity index (χ4v) is 9.50. The van der Waals surface area contributed by atoms with Crippen molar-refractivity contribution in [3.8, 4) is 23.0 Å². The van der Waals surface area contributed by atoms with Crippen molar-refractivity contribution in [2.45, 2.75) is 80.1 Å². The van der Waals surface area contributed by atoms with Crippen LogP contribution in [0.25, 0.3) is 22.0 Å². The Labute approximate surface area is 336 Å². The van der Waals surface area contributed by atoms with E-state index in [1.807, 2.05) is 0 Å². The summed E-state index contributed by atoms with van der Waals surface area (Å²) in [7, 11) is -2.09. The number of aryl methyl sites for hydroxylation is 1. The fraction of sp³-hybridized carbons (Fsp3) is 0.400. The van der Waals surface area contributed by atoms with Crippen molar-refractivity contribution in [3.63, 3.8) is 0 Å². The maximum atomic E-state index is 15.4. The molecule has 0 unspecified atom stereocenters. The molecule has 2 aromatic carbocycles. The van der Waals surface area contributed by atoms with Gasteiger partial charge in [0.15, 0.2) is 15.6 Å². The quantitative estimate of drug-likeness (QED) is 0.106. The maximum Gasteiger partial charge on any atom is 0.293 e. The summed E-state index contributed by atoms with van der Waals surface area (Å²) in [6.07, 6.45) is -4.91. The molecule has 3 aliphatic carbocycles. The number of aromatic nitrogens is 5. The van der Waals surface area contributed by atoms with E-state index in [0.29, 0.717) is 21.8 Å². The van der Waals surface area contributed by atoms with Crippen molar-refractivity contribution in [1.82, 2.24) is 24.5 Å². The Hall–Kier alpha value is -4.86. The van der Waals surface area contributed by atoms with Gasteiger partial charge in [-0.3, -0.25) is 14.2 Å². The van der Waals surface area contributed by atoms with Crippen LogP contribution in [0.1, 0.15) is 83.5 Å². The number of fused-ring (bicyclic) bond motifs is 4. The minimum absolute atomic E-state index is 0.00349. The van der Waals surface area contributed by atoms with Gasteiger partial charge in [0.25, 0.3) is 18.3 Å². The van der Waals surface area contributed by atoms with Crippen LogP contribution in [0.5, 0.6) is 0 Å². The molecule has 9 nitrogen and oxygen atoms in total. The molecule has 3 aliphatic rings. The van der Waals surface area contributed by atoms with Gasteiger partial charge < -0.3 is 5.11 Å². The van der Waals surface area contributed by atoms with Gasteiger partial charge in [-0.25, -0.2) is 39.7 Å². The number of alkyl halides is 6. The van der Waals surface area contributed by atoms with E-state index in [-0.39, 0.29) is 57.0 Å². The van der Waals surface area contributed by atoms with Gasteiger partial charge in [-0.05, 0) is 60.6 Å². The number of pyridine rings is 1. The summed E-state index contributed by atoms with van der Waals surface area (Å²) in [5.41, 5.74) is -2.87. The van der Waals surface area contributed by atoms with Gasteiger partial charge in [0.05, 0.1) is 40.5 Å². The predicted octanol–water partition coefficient (Wildman–Crippen LogP) is 7.95. The molecule has 0 radical (unpaired) electrons. The number of carbonyl (C=O) groups is 1. The van der Waals surface area contributed by atoms with Crippen LogP contribution in [0.2, 0.25) is 5.02 Å². The molecule has 3 heterocycles. The first-order valence-corrected chi connectivity index (χ1v) is 20.7. The Morgan fingerprint density at radius 2 is 1.69 bits per heavy atom. The minimum atomic E-state index is -3.62. The number of carbonyl (C=O) groups excluding carboxylic acids is 1. The van der Waals surface area contributed by atoms with E-state index in [2.05, 4.69) is 27.0 Å². The zero-order chi connectivity index (χ0) is 42.6. The molecule has 0 aliphatic heterocycles. The van der Waals surface area contributed by atoms with Crippen molar-refractivity contribution in [2.75, 3.05) is 6.26 Å². The molecule has 0 saturated heterocycles. The Bertz CT molecular complexity index is 2730. The molecule has 2 saturated carbocycles. The van der Waals surface area contributed by atoms with Crippen molar-refractivity contribution < 1.29 is 53.4 Å². The lowest BCUT2D eigenvalue weighted by atomic mass is 9.77. The number of benzene rings is 2. The Kier molecular flexibility index (Phi) is 9.79. The Morgan fingerprint density at radius 3 is 2.34 bits per heavy atom. The number of nitrogens with zero attached hydrogens (tertiary/aromatic N) is 5. The summed E-state index contributed by atoms with van der Waals surface area (Å²) in [5, 5.41) is 19.1. The molecule has 19 heteroatoms. The predicted molar refractivity (Wildman–Crippen MR) is 198 cm³/mol. The molecule has 0 bridgehead atoms. The number of ketones is 1. The summed E-state index contributed by atoms with van der Waals surface area (Å²) >= 11 is 6.61. The number of halogens is 9. The summed E-state index contributed by atoms with van der Waals surface area (Å²) in [6.45, 7) is -0.865.